The number of aryl methyl sites for hydroxylation is 1. The van der Waals surface area contributed by atoms with Crippen molar-refractivity contribution in [3.8, 4) is 0 Å². The number of nitrogens with zero attached hydrogens (tertiary/aromatic N) is 3. The van der Waals surface area contributed by atoms with Crippen molar-refractivity contribution < 1.29 is 13.0 Å². The van der Waals surface area contributed by atoms with E-state index in [9.17, 15) is 8.42 Å². The van der Waals surface area contributed by atoms with E-state index < -0.39 is 10.1 Å². The Morgan fingerprint density at radius 3 is 2.50 bits per heavy atom. The van der Waals surface area contributed by atoms with Crippen LogP contribution in [0.4, 0.5) is 0 Å². The highest BCUT2D eigenvalue weighted by atomic mass is 35.5. The van der Waals surface area contributed by atoms with Crippen molar-refractivity contribution in [1.29, 1.82) is 0 Å². The van der Waals surface area contributed by atoms with E-state index in [1.54, 1.807) is 0 Å². The lowest BCUT2D eigenvalue weighted by Gasteiger charge is -2.26. The summed E-state index contributed by atoms with van der Waals surface area (Å²) in [4.78, 5) is 4.53. The minimum atomic E-state index is -3.67. The average molecular weight is 424 g/mol. The van der Waals surface area contributed by atoms with Crippen molar-refractivity contribution in [3.63, 3.8) is 0 Å². The maximum atomic E-state index is 9.19. The second-order valence-electron chi connectivity index (χ2n) is 6.38. The summed E-state index contributed by atoms with van der Waals surface area (Å²) >= 11 is 6.36. The maximum Gasteiger partial charge on any atom is 0.261 e. The lowest BCUT2D eigenvalue weighted by molar-refractivity contribution is 0.490. The van der Waals surface area contributed by atoms with E-state index in [0.29, 0.717) is 6.26 Å². The van der Waals surface area contributed by atoms with Gasteiger partial charge in [-0.05, 0) is 48.9 Å². The molecule has 0 radical (unpaired) electrons. The minimum absolute atomic E-state index is 0.0551. The molecule has 1 aliphatic carbocycles. The molecule has 0 bridgehead atoms. The maximum absolute atomic E-state index is 9.19. The van der Waals surface area contributed by atoms with Crippen LogP contribution in [0.5, 0.6) is 0 Å². The Labute approximate surface area is 169 Å². The van der Waals surface area contributed by atoms with Crippen molar-refractivity contribution in [2.75, 3.05) is 6.26 Å². The number of pyridine rings is 1. The third-order valence-electron chi connectivity index (χ3n) is 4.04. The standard InChI is InChI=1S/C17H18ClN5.CH4O3S/c1-10-6-7-21-14-8-11(12-4-2-3-5-13(12)18)9-15(16(10)14)22-23-17(19)20;1-5(2,3)4/h2-7,11H,8-9H2,1H3,(H4,19,20,23);1H3,(H,2,3,4)/b22-15+;. The molecular weight excluding hydrogens is 402 g/mol. The fourth-order valence-corrected chi connectivity index (χ4v) is 3.33. The summed E-state index contributed by atoms with van der Waals surface area (Å²) in [5, 5.41) is 8.86. The molecule has 5 N–H and O–H groups in total. The molecule has 0 amide bonds. The van der Waals surface area contributed by atoms with Gasteiger partial charge in [-0.15, -0.1) is 5.10 Å². The molecule has 10 heteroatoms. The van der Waals surface area contributed by atoms with Gasteiger partial charge in [0.1, 0.15) is 0 Å². The summed E-state index contributed by atoms with van der Waals surface area (Å²) in [6.07, 6.45) is 4.08. The number of halogens is 1. The van der Waals surface area contributed by atoms with Gasteiger partial charge in [-0.3, -0.25) is 9.54 Å². The predicted octanol–water partition coefficient (Wildman–Crippen LogP) is 2.25. The van der Waals surface area contributed by atoms with E-state index in [4.69, 9.17) is 27.6 Å². The highest BCUT2D eigenvalue weighted by Gasteiger charge is 2.28. The molecule has 1 atom stereocenters. The molecule has 3 rings (SSSR count). The number of nitrogens with two attached hydrogens (primary N) is 2. The van der Waals surface area contributed by atoms with Crippen molar-refractivity contribution >= 4 is 33.4 Å². The molecule has 28 heavy (non-hydrogen) atoms. The molecule has 0 fully saturated rings. The molecule has 0 saturated heterocycles. The minimum Gasteiger partial charge on any atom is -0.369 e. The number of benzene rings is 1. The van der Waals surface area contributed by atoms with Crippen molar-refractivity contribution in [2.45, 2.75) is 25.7 Å². The van der Waals surface area contributed by atoms with Crippen LogP contribution in [0.25, 0.3) is 0 Å². The monoisotopic (exact) mass is 423 g/mol. The summed E-state index contributed by atoms with van der Waals surface area (Å²) in [5.41, 5.74) is 16.0. The highest BCUT2D eigenvalue weighted by molar-refractivity contribution is 7.85. The molecule has 8 nitrogen and oxygen atoms in total. The van der Waals surface area contributed by atoms with Gasteiger partial charge in [0.15, 0.2) is 0 Å². The highest BCUT2D eigenvalue weighted by Crippen LogP contribution is 2.36. The molecule has 0 saturated carbocycles. The van der Waals surface area contributed by atoms with E-state index in [1.807, 2.05) is 43.5 Å². The molecule has 1 unspecified atom stereocenters. The smallest absolute Gasteiger partial charge is 0.261 e. The zero-order chi connectivity index (χ0) is 20.9. The zero-order valence-electron chi connectivity index (χ0n) is 15.5. The van der Waals surface area contributed by atoms with Crippen molar-refractivity contribution in [3.05, 3.63) is 63.9 Å². The third kappa shape index (κ3) is 6.29. The number of rotatable bonds is 2. The number of fused-ring (bicyclic) bond motifs is 1. The molecule has 0 aliphatic heterocycles. The van der Waals surface area contributed by atoms with Crippen LogP contribution in [-0.2, 0) is 16.5 Å². The third-order valence-corrected chi connectivity index (χ3v) is 4.38. The van der Waals surface area contributed by atoms with Crippen LogP contribution in [0.15, 0.2) is 46.7 Å². The Bertz CT molecular complexity index is 1010. The Kier molecular flexibility index (Phi) is 7.11. The van der Waals surface area contributed by atoms with Crippen LogP contribution in [0.3, 0.4) is 0 Å². The average Bonchev–Trinajstić information content (AvgIpc) is 2.58. The number of hydrogen-bond donors (Lipinski definition) is 3. The molecule has 1 aromatic carbocycles. The van der Waals surface area contributed by atoms with Gasteiger partial charge in [0.25, 0.3) is 10.1 Å². The van der Waals surface area contributed by atoms with E-state index in [-0.39, 0.29) is 11.9 Å². The molecule has 2 aromatic rings. The quantitative estimate of drug-likeness (QED) is 0.292. The van der Waals surface area contributed by atoms with Crippen LogP contribution in [0, 0.1) is 6.92 Å². The van der Waals surface area contributed by atoms with Gasteiger partial charge in [-0.25, -0.2) is 0 Å². The van der Waals surface area contributed by atoms with Crippen LogP contribution < -0.4 is 11.5 Å². The van der Waals surface area contributed by atoms with E-state index in [0.717, 1.165) is 46.0 Å². The number of guanidine groups is 1. The first-order valence-electron chi connectivity index (χ1n) is 8.33. The summed E-state index contributed by atoms with van der Waals surface area (Å²) in [6.45, 7) is 2.04. The first-order valence-corrected chi connectivity index (χ1v) is 10.6. The Hall–Kier alpha value is -2.49. The molecule has 150 valence electrons. The summed E-state index contributed by atoms with van der Waals surface area (Å²) in [6, 6.07) is 9.85. The zero-order valence-corrected chi connectivity index (χ0v) is 17.1. The van der Waals surface area contributed by atoms with E-state index >= 15 is 0 Å². The second kappa shape index (κ2) is 9.13. The van der Waals surface area contributed by atoms with Gasteiger partial charge in [0.2, 0.25) is 5.96 Å². The molecule has 1 heterocycles. The molecule has 1 aromatic heterocycles. The van der Waals surface area contributed by atoms with Gasteiger partial charge < -0.3 is 11.5 Å². The Morgan fingerprint density at radius 2 is 1.89 bits per heavy atom. The number of aromatic nitrogens is 1. The van der Waals surface area contributed by atoms with Crippen molar-refractivity contribution in [1.82, 2.24) is 4.98 Å². The van der Waals surface area contributed by atoms with Crippen LogP contribution in [0.2, 0.25) is 5.02 Å². The first-order chi connectivity index (χ1) is 13.1. The molecule has 0 spiro atoms. The van der Waals surface area contributed by atoms with Crippen LogP contribution >= 0.6 is 11.6 Å². The fourth-order valence-electron chi connectivity index (χ4n) is 3.04. The topological polar surface area (TPSA) is 144 Å². The van der Waals surface area contributed by atoms with Crippen LogP contribution in [-0.4, -0.2) is 35.9 Å². The predicted molar refractivity (Wildman–Crippen MR) is 111 cm³/mol. The van der Waals surface area contributed by atoms with E-state index in [1.165, 1.54) is 0 Å². The number of hydrogen-bond acceptors (Lipinski definition) is 5. The van der Waals surface area contributed by atoms with Gasteiger partial charge in [-0.2, -0.15) is 13.5 Å². The summed E-state index contributed by atoms with van der Waals surface area (Å²) in [7, 11) is -3.67. The Morgan fingerprint density at radius 1 is 1.25 bits per heavy atom. The van der Waals surface area contributed by atoms with E-state index in [2.05, 4.69) is 15.2 Å². The van der Waals surface area contributed by atoms with Crippen molar-refractivity contribution in [2.24, 2.45) is 21.7 Å². The normalized spacial score (nSPS) is 17.3. The largest absolute Gasteiger partial charge is 0.369 e. The molecular formula is C18H22ClN5O3S. The first kappa shape index (κ1) is 21.8. The Balaban J connectivity index is 0.000000500. The van der Waals surface area contributed by atoms with Crippen LogP contribution in [0.1, 0.15) is 34.7 Å². The summed E-state index contributed by atoms with van der Waals surface area (Å²) in [5.74, 6) is 0.152. The molecule has 1 aliphatic rings. The summed E-state index contributed by atoms with van der Waals surface area (Å²) < 4.78 is 25.9. The van der Waals surface area contributed by atoms with Gasteiger partial charge in [0, 0.05) is 16.8 Å². The lowest BCUT2D eigenvalue weighted by Crippen LogP contribution is -2.24. The van der Waals surface area contributed by atoms with Gasteiger partial charge >= 0.3 is 0 Å². The lowest BCUT2D eigenvalue weighted by atomic mass is 9.80. The van der Waals surface area contributed by atoms with Gasteiger partial charge in [0.05, 0.1) is 17.7 Å². The SMILES string of the molecule is CS(=O)(=O)O.Cc1ccnc2c1/C(=N/N=C(N)N)CC(c1ccccc1Cl)C2. The second-order valence-corrected chi connectivity index (χ2v) is 8.25. The van der Waals surface area contributed by atoms with Gasteiger partial charge in [-0.1, -0.05) is 29.8 Å². The fraction of sp³-hybridized carbons (Fsp3) is 0.278.